The third kappa shape index (κ3) is 6.44. The van der Waals surface area contributed by atoms with Crippen LogP contribution in [0.25, 0.3) is 0 Å². The lowest BCUT2D eigenvalue weighted by molar-refractivity contribution is -0.137. The zero-order valence-corrected chi connectivity index (χ0v) is 21.7. The van der Waals surface area contributed by atoms with Gasteiger partial charge in [0.15, 0.2) is 0 Å². The van der Waals surface area contributed by atoms with Crippen LogP contribution in [0.15, 0.2) is 78.9 Å². The fourth-order valence-corrected chi connectivity index (χ4v) is 5.35. The van der Waals surface area contributed by atoms with E-state index in [1.165, 1.54) is 5.56 Å². The van der Waals surface area contributed by atoms with Crippen LogP contribution in [-0.2, 0) is 11.3 Å². The van der Waals surface area contributed by atoms with E-state index in [0.29, 0.717) is 12.5 Å². The average Bonchev–Trinajstić information content (AvgIpc) is 2.94. The van der Waals surface area contributed by atoms with Gasteiger partial charge in [0.2, 0.25) is 5.91 Å². The number of carbonyl (C=O) groups excluding carboxylic acids is 1. The summed E-state index contributed by atoms with van der Waals surface area (Å²) in [6.45, 7) is 8.67. The van der Waals surface area contributed by atoms with Crippen molar-refractivity contribution in [3.63, 3.8) is 0 Å². The first kappa shape index (κ1) is 25.2. The second-order valence-corrected chi connectivity index (χ2v) is 9.83. The van der Waals surface area contributed by atoms with Crippen molar-refractivity contribution in [2.24, 2.45) is 5.92 Å². The highest BCUT2D eigenvalue weighted by Gasteiger charge is 2.31. The number of rotatable bonds is 8. The molecule has 37 heavy (non-hydrogen) atoms. The molecule has 5 rings (SSSR count). The van der Waals surface area contributed by atoms with E-state index in [2.05, 4.69) is 45.0 Å². The van der Waals surface area contributed by atoms with E-state index in [1.54, 1.807) is 0 Å². The van der Waals surface area contributed by atoms with Crippen molar-refractivity contribution in [1.29, 1.82) is 0 Å². The molecular weight excluding hydrogens is 462 g/mol. The van der Waals surface area contributed by atoms with E-state index < -0.39 is 0 Å². The number of amides is 1. The predicted octanol–water partition coefficient (Wildman–Crippen LogP) is 5.44. The number of carbonyl (C=O) groups is 1. The van der Waals surface area contributed by atoms with Gasteiger partial charge >= 0.3 is 0 Å². The Labute approximate surface area is 220 Å². The third-order valence-electron chi connectivity index (χ3n) is 7.32. The number of piperidine rings is 1. The summed E-state index contributed by atoms with van der Waals surface area (Å²) in [7, 11) is 0. The van der Waals surface area contributed by atoms with Crippen molar-refractivity contribution in [2.45, 2.75) is 26.3 Å². The lowest BCUT2D eigenvalue weighted by Crippen LogP contribution is -2.51. The molecule has 2 aliphatic rings. The Balaban J connectivity index is 1.09. The third-order valence-corrected chi connectivity index (χ3v) is 7.32. The highest BCUT2D eigenvalue weighted by molar-refractivity contribution is 5.79. The molecule has 0 N–H and O–H groups in total. The second-order valence-electron chi connectivity index (χ2n) is 9.83. The van der Waals surface area contributed by atoms with Crippen LogP contribution in [-0.4, -0.2) is 61.6 Å². The summed E-state index contributed by atoms with van der Waals surface area (Å²) in [6.07, 6.45) is 1.85. The SMILES string of the molecule is CCOc1ccccc1N1CCN(C(=O)C2CCN(Cc3cccc(Oc4ccccc4)c3)CC2)CC1. The smallest absolute Gasteiger partial charge is 0.225 e. The predicted molar refractivity (Wildman–Crippen MR) is 147 cm³/mol. The maximum Gasteiger partial charge on any atom is 0.225 e. The molecule has 0 radical (unpaired) electrons. The van der Waals surface area contributed by atoms with Gasteiger partial charge in [0, 0.05) is 38.6 Å². The van der Waals surface area contributed by atoms with Crippen LogP contribution in [0.5, 0.6) is 17.2 Å². The number of anilines is 1. The largest absolute Gasteiger partial charge is 0.492 e. The van der Waals surface area contributed by atoms with Gasteiger partial charge in [-0.15, -0.1) is 0 Å². The summed E-state index contributed by atoms with van der Waals surface area (Å²) in [5.74, 6) is 3.09. The Morgan fingerprint density at radius 2 is 1.51 bits per heavy atom. The molecule has 0 unspecified atom stereocenters. The Kier molecular flexibility index (Phi) is 8.26. The summed E-state index contributed by atoms with van der Waals surface area (Å²) < 4.78 is 11.8. The summed E-state index contributed by atoms with van der Waals surface area (Å²) in [4.78, 5) is 20.2. The number of benzene rings is 3. The van der Waals surface area contributed by atoms with E-state index >= 15 is 0 Å². The van der Waals surface area contributed by atoms with E-state index in [9.17, 15) is 4.79 Å². The number of para-hydroxylation sites is 3. The Morgan fingerprint density at radius 3 is 2.27 bits per heavy atom. The molecule has 2 saturated heterocycles. The number of piperazine rings is 1. The van der Waals surface area contributed by atoms with Crippen LogP contribution in [0.2, 0.25) is 0 Å². The standard InChI is InChI=1S/C31H37N3O3/c1-2-36-30-14-7-6-13-29(30)33-19-21-34(22-20-33)31(35)26-15-17-32(18-16-26)24-25-9-8-12-28(23-25)37-27-10-4-3-5-11-27/h3-14,23,26H,2,15-22,24H2,1H3. The van der Waals surface area contributed by atoms with Gasteiger partial charge in [-0.2, -0.15) is 0 Å². The van der Waals surface area contributed by atoms with Crippen molar-refractivity contribution >= 4 is 11.6 Å². The number of hydrogen-bond donors (Lipinski definition) is 0. The fourth-order valence-electron chi connectivity index (χ4n) is 5.35. The Bertz CT molecular complexity index is 1150. The quantitative estimate of drug-likeness (QED) is 0.413. The number of likely N-dealkylation sites (tertiary alicyclic amines) is 1. The highest BCUT2D eigenvalue weighted by atomic mass is 16.5. The van der Waals surface area contributed by atoms with Gasteiger partial charge in [0.1, 0.15) is 17.2 Å². The van der Waals surface area contributed by atoms with Gasteiger partial charge in [-0.05, 0) is 74.8 Å². The lowest BCUT2D eigenvalue weighted by Gasteiger charge is -2.39. The van der Waals surface area contributed by atoms with Crippen molar-refractivity contribution in [3.8, 4) is 17.2 Å². The normalized spacial score (nSPS) is 17.0. The molecule has 2 aliphatic heterocycles. The molecule has 0 spiro atoms. The zero-order chi connectivity index (χ0) is 25.5. The molecule has 3 aromatic rings. The minimum absolute atomic E-state index is 0.131. The van der Waals surface area contributed by atoms with Crippen molar-refractivity contribution in [1.82, 2.24) is 9.80 Å². The molecule has 2 heterocycles. The van der Waals surface area contributed by atoms with Crippen LogP contribution < -0.4 is 14.4 Å². The Morgan fingerprint density at radius 1 is 0.811 bits per heavy atom. The second kappa shape index (κ2) is 12.2. The zero-order valence-electron chi connectivity index (χ0n) is 21.7. The minimum Gasteiger partial charge on any atom is -0.492 e. The van der Waals surface area contributed by atoms with E-state index in [-0.39, 0.29) is 5.92 Å². The van der Waals surface area contributed by atoms with Gasteiger partial charge in [0.25, 0.3) is 0 Å². The van der Waals surface area contributed by atoms with Gasteiger partial charge in [-0.3, -0.25) is 9.69 Å². The minimum atomic E-state index is 0.131. The van der Waals surface area contributed by atoms with Crippen molar-refractivity contribution in [2.75, 3.05) is 50.8 Å². The van der Waals surface area contributed by atoms with Crippen LogP contribution in [0.4, 0.5) is 5.69 Å². The lowest BCUT2D eigenvalue weighted by atomic mass is 9.94. The molecule has 0 aliphatic carbocycles. The number of nitrogens with zero attached hydrogens (tertiary/aromatic N) is 3. The fraction of sp³-hybridized carbons (Fsp3) is 0.387. The van der Waals surface area contributed by atoms with Gasteiger partial charge in [-0.25, -0.2) is 0 Å². The summed E-state index contributed by atoms with van der Waals surface area (Å²) in [5.41, 5.74) is 2.37. The van der Waals surface area contributed by atoms with E-state index in [1.807, 2.05) is 55.5 Å². The van der Waals surface area contributed by atoms with E-state index in [0.717, 1.165) is 81.6 Å². The van der Waals surface area contributed by atoms with Crippen molar-refractivity contribution in [3.05, 3.63) is 84.4 Å². The molecule has 6 heteroatoms. The van der Waals surface area contributed by atoms with Crippen molar-refractivity contribution < 1.29 is 14.3 Å². The van der Waals surface area contributed by atoms with Crippen LogP contribution in [0.3, 0.4) is 0 Å². The average molecular weight is 500 g/mol. The number of ether oxygens (including phenoxy) is 2. The van der Waals surface area contributed by atoms with Crippen LogP contribution in [0.1, 0.15) is 25.3 Å². The molecule has 6 nitrogen and oxygen atoms in total. The topological polar surface area (TPSA) is 45.2 Å². The molecule has 0 atom stereocenters. The molecule has 3 aromatic carbocycles. The molecule has 0 bridgehead atoms. The van der Waals surface area contributed by atoms with Gasteiger partial charge in [0.05, 0.1) is 12.3 Å². The van der Waals surface area contributed by atoms with Crippen LogP contribution >= 0.6 is 0 Å². The first-order chi connectivity index (χ1) is 18.2. The summed E-state index contributed by atoms with van der Waals surface area (Å²) >= 11 is 0. The summed E-state index contributed by atoms with van der Waals surface area (Å²) in [5, 5.41) is 0. The first-order valence-electron chi connectivity index (χ1n) is 13.5. The monoisotopic (exact) mass is 499 g/mol. The maximum absolute atomic E-state index is 13.3. The summed E-state index contributed by atoms with van der Waals surface area (Å²) in [6, 6.07) is 26.4. The maximum atomic E-state index is 13.3. The van der Waals surface area contributed by atoms with Gasteiger partial charge < -0.3 is 19.3 Å². The molecule has 194 valence electrons. The molecular formula is C31H37N3O3. The molecule has 2 fully saturated rings. The first-order valence-corrected chi connectivity index (χ1v) is 13.5. The Hall–Kier alpha value is -3.51. The molecule has 1 amide bonds. The number of hydrogen-bond acceptors (Lipinski definition) is 5. The van der Waals surface area contributed by atoms with E-state index in [4.69, 9.17) is 9.47 Å². The highest BCUT2D eigenvalue weighted by Crippen LogP contribution is 2.30. The molecule has 0 saturated carbocycles. The van der Waals surface area contributed by atoms with Crippen LogP contribution in [0, 0.1) is 5.92 Å². The van der Waals surface area contributed by atoms with Gasteiger partial charge in [-0.1, -0.05) is 42.5 Å². The molecule has 0 aromatic heterocycles.